The third-order valence-corrected chi connectivity index (χ3v) is 5.12. The highest BCUT2D eigenvalue weighted by atomic mass is 16.7. The van der Waals surface area contributed by atoms with Crippen molar-refractivity contribution in [2.45, 2.75) is 44.7 Å². The molecule has 0 aromatic heterocycles. The molecule has 5 nitrogen and oxygen atoms in total. The maximum absolute atomic E-state index is 10.9. The topological polar surface area (TPSA) is 59.0 Å². The van der Waals surface area contributed by atoms with Gasteiger partial charge in [-0.05, 0) is 39.5 Å². The number of rotatable bonds is 1. The van der Waals surface area contributed by atoms with Crippen molar-refractivity contribution in [3.63, 3.8) is 0 Å². The van der Waals surface area contributed by atoms with Crippen molar-refractivity contribution in [3.05, 3.63) is 0 Å². The van der Waals surface area contributed by atoms with E-state index >= 15 is 0 Å². The predicted molar refractivity (Wildman–Crippen MR) is 66.4 cm³/mol. The molecule has 0 unspecified atom stereocenters. The zero-order valence-corrected chi connectivity index (χ0v) is 11.3. The van der Waals surface area contributed by atoms with Crippen LogP contribution in [0.1, 0.15) is 27.7 Å². The zero-order valence-electron chi connectivity index (χ0n) is 11.3. The monoisotopic (exact) mass is 253 g/mol. The second-order valence-electron chi connectivity index (χ2n) is 6.72. The number of hydrogen-bond donors (Lipinski definition) is 1. The minimum atomic E-state index is -0.810. The zero-order chi connectivity index (χ0) is 13.3. The fraction of sp³-hybridized carbons (Fsp3) is 0.917. The van der Waals surface area contributed by atoms with Crippen LogP contribution in [0.3, 0.4) is 0 Å². The summed E-state index contributed by atoms with van der Waals surface area (Å²) in [6.45, 7) is 9.47. The first-order valence-corrected chi connectivity index (χ1v) is 6.56. The number of likely N-dealkylation sites (tertiary alicyclic amines) is 1. The lowest BCUT2D eigenvalue weighted by Gasteiger charge is -2.32. The summed E-state index contributed by atoms with van der Waals surface area (Å²) in [4.78, 5) is 12.4. The summed E-state index contributed by atoms with van der Waals surface area (Å²) in [5.74, 6) is 1.23. The van der Waals surface area contributed by atoms with Gasteiger partial charge in [0.05, 0.1) is 11.2 Å². The lowest BCUT2D eigenvalue weighted by atomic mass is 9.79. The second-order valence-corrected chi connectivity index (χ2v) is 6.72. The minimum absolute atomic E-state index is 0.166. The summed E-state index contributed by atoms with van der Waals surface area (Å²) >= 11 is 0. The first-order valence-electron chi connectivity index (χ1n) is 6.56. The highest BCUT2D eigenvalue weighted by Crippen LogP contribution is 2.61. The second kappa shape index (κ2) is 3.42. The molecule has 0 spiro atoms. The maximum Gasteiger partial charge on any atom is 0.461 e. The Morgan fingerprint density at radius 3 is 2.00 bits per heavy atom. The Bertz CT molecular complexity index is 370. The average Bonchev–Trinajstić information content (AvgIpc) is 2.60. The molecule has 2 aliphatic heterocycles. The van der Waals surface area contributed by atoms with E-state index in [0.29, 0.717) is 30.7 Å². The Hall–Kier alpha value is -0.745. The standard InChI is InChI=1S/C12H20BNO4/c1-11(2)12(3,4)18-13(17-11)9-7-5-14(10(15)16)6-8(7)9/h7-9H,5-6H2,1-4H3,(H,15,16)/t7-,8+,9-. The Kier molecular flexibility index (Phi) is 2.34. The number of piperidine rings is 1. The van der Waals surface area contributed by atoms with Crippen LogP contribution in [0.2, 0.25) is 5.82 Å². The number of amides is 1. The van der Waals surface area contributed by atoms with Gasteiger partial charge in [0, 0.05) is 18.9 Å². The van der Waals surface area contributed by atoms with Crippen LogP contribution >= 0.6 is 0 Å². The van der Waals surface area contributed by atoms with Crippen LogP contribution in [0, 0.1) is 11.8 Å². The van der Waals surface area contributed by atoms with Crippen LogP contribution in [0.25, 0.3) is 0 Å². The van der Waals surface area contributed by atoms with Crippen LogP contribution < -0.4 is 0 Å². The van der Waals surface area contributed by atoms with Crippen molar-refractivity contribution in [2.24, 2.45) is 11.8 Å². The molecule has 0 radical (unpaired) electrons. The van der Waals surface area contributed by atoms with Gasteiger partial charge in [-0.1, -0.05) is 0 Å². The molecule has 0 aromatic carbocycles. The summed E-state index contributed by atoms with van der Waals surface area (Å²) in [5, 5.41) is 8.93. The fourth-order valence-corrected chi connectivity index (χ4v) is 3.18. The van der Waals surface area contributed by atoms with E-state index in [1.807, 2.05) is 0 Å². The molecule has 1 N–H and O–H groups in total. The van der Waals surface area contributed by atoms with E-state index in [1.165, 1.54) is 4.90 Å². The first-order chi connectivity index (χ1) is 8.23. The van der Waals surface area contributed by atoms with Gasteiger partial charge in [-0.25, -0.2) is 4.79 Å². The quantitative estimate of drug-likeness (QED) is 0.722. The summed E-state index contributed by atoms with van der Waals surface area (Å²) in [5.41, 5.74) is -0.581. The van der Waals surface area contributed by atoms with E-state index in [0.717, 1.165) is 0 Å². The largest absolute Gasteiger partial charge is 0.465 e. The highest BCUT2D eigenvalue weighted by Gasteiger charge is 2.67. The number of hydrogen-bond acceptors (Lipinski definition) is 3. The Labute approximate surface area is 108 Å². The van der Waals surface area contributed by atoms with Crippen LogP contribution in [-0.2, 0) is 9.31 Å². The highest BCUT2D eigenvalue weighted by molar-refractivity contribution is 6.49. The lowest BCUT2D eigenvalue weighted by molar-refractivity contribution is 0.00578. The van der Waals surface area contributed by atoms with Gasteiger partial charge in [-0.15, -0.1) is 0 Å². The summed E-state index contributed by atoms with van der Waals surface area (Å²) in [6, 6.07) is 0. The third-order valence-electron chi connectivity index (χ3n) is 5.12. The fourth-order valence-electron chi connectivity index (χ4n) is 3.18. The molecular weight excluding hydrogens is 233 g/mol. The molecule has 3 fully saturated rings. The van der Waals surface area contributed by atoms with Crippen LogP contribution in [0.4, 0.5) is 4.79 Å². The molecule has 0 bridgehead atoms. The van der Waals surface area contributed by atoms with E-state index in [1.54, 1.807) is 0 Å². The van der Waals surface area contributed by atoms with Crippen molar-refractivity contribution in [2.75, 3.05) is 13.1 Å². The summed E-state index contributed by atoms with van der Waals surface area (Å²) < 4.78 is 12.1. The molecule has 18 heavy (non-hydrogen) atoms. The van der Waals surface area contributed by atoms with Crippen molar-refractivity contribution in [1.82, 2.24) is 4.90 Å². The van der Waals surface area contributed by atoms with Crippen LogP contribution in [0.5, 0.6) is 0 Å². The van der Waals surface area contributed by atoms with Crippen LogP contribution in [0.15, 0.2) is 0 Å². The van der Waals surface area contributed by atoms with Gasteiger partial charge < -0.3 is 19.3 Å². The van der Waals surface area contributed by atoms with Gasteiger partial charge in [-0.3, -0.25) is 0 Å². The van der Waals surface area contributed by atoms with Gasteiger partial charge >= 0.3 is 13.2 Å². The number of carboxylic acid groups (broad SMARTS) is 1. The molecule has 3 aliphatic rings. The van der Waals surface area contributed by atoms with Crippen molar-refractivity contribution < 1.29 is 19.2 Å². The smallest absolute Gasteiger partial charge is 0.461 e. The SMILES string of the molecule is CC1(C)OB([C@@H]2[C@@H]3CN(C(=O)O)C[C@@H]32)OC1(C)C. The summed E-state index contributed by atoms with van der Waals surface area (Å²) in [7, 11) is -0.166. The van der Waals surface area contributed by atoms with Crippen molar-refractivity contribution in [3.8, 4) is 0 Å². The molecule has 2 heterocycles. The molecule has 1 amide bonds. The van der Waals surface area contributed by atoms with E-state index in [2.05, 4.69) is 27.7 Å². The van der Waals surface area contributed by atoms with E-state index in [9.17, 15) is 4.79 Å². The number of fused-ring (bicyclic) bond motifs is 1. The molecule has 1 aliphatic carbocycles. The van der Waals surface area contributed by atoms with Gasteiger partial charge in [0.2, 0.25) is 0 Å². The van der Waals surface area contributed by atoms with Crippen molar-refractivity contribution in [1.29, 1.82) is 0 Å². The van der Waals surface area contributed by atoms with Gasteiger partial charge in [-0.2, -0.15) is 0 Å². The molecule has 3 atom stereocenters. The molecule has 0 aromatic rings. The predicted octanol–water partition coefficient (Wildman–Crippen LogP) is 1.69. The van der Waals surface area contributed by atoms with E-state index in [4.69, 9.17) is 14.4 Å². The molecular formula is C12H20BNO4. The van der Waals surface area contributed by atoms with Crippen molar-refractivity contribution >= 4 is 13.2 Å². The normalized spacial score (nSPS) is 39.9. The Morgan fingerprint density at radius 1 is 1.17 bits per heavy atom. The van der Waals surface area contributed by atoms with Gasteiger partial charge in [0.1, 0.15) is 0 Å². The Morgan fingerprint density at radius 2 is 1.61 bits per heavy atom. The van der Waals surface area contributed by atoms with Gasteiger partial charge in [0.15, 0.2) is 0 Å². The third kappa shape index (κ3) is 1.58. The molecule has 100 valence electrons. The summed E-state index contributed by atoms with van der Waals surface area (Å²) in [6.07, 6.45) is -0.810. The first kappa shape index (κ1) is 12.3. The lowest BCUT2D eigenvalue weighted by Crippen LogP contribution is -2.41. The molecule has 6 heteroatoms. The van der Waals surface area contributed by atoms with Crippen LogP contribution in [-0.4, -0.2) is 47.5 Å². The molecule has 1 saturated carbocycles. The van der Waals surface area contributed by atoms with E-state index in [-0.39, 0.29) is 18.3 Å². The molecule has 2 saturated heterocycles. The Balaban J connectivity index is 1.64. The molecule has 3 rings (SSSR count). The van der Waals surface area contributed by atoms with E-state index < -0.39 is 6.09 Å². The van der Waals surface area contributed by atoms with Gasteiger partial charge in [0.25, 0.3) is 0 Å². The minimum Gasteiger partial charge on any atom is -0.465 e. The maximum atomic E-state index is 10.9. The average molecular weight is 253 g/mol. The number of carbonyl (C=O) groups is 1. The number of nitrogens with zero attached hydrogens (tertiary/aromatic N) is 1.